The summed E-state index contributed by atoms with van der Waals surface area (Å²) in [6.07, 6.45) is 0. The van der Waals surface area contributed by atoms with Crippen LogP contribution >= 0.6 is 0 Å². The molecule has 0 aliphatic heterocycles. The first-order valence-corrected chi connectivity index (χ1v) is 7.25. The fourth-order valence-corrected chi connectivity index (χ4v) is 2.71. The summed E-state index contributed by atoms with van der Waals surface area (Å²) in [5.74, 6) is 0. The summed E-state index contributed by atoms with van der Waals surface area (Å²) < 4.78 is 26.3. The van der Waals surface area contributed by atoms with Gasteiger partial charge >= 0.3 is 6.03 Å². The van der Waals surface area contributed by atoms with Crippen molar-refractivity contribution < 1.29 is 18.1 Å². The third kappa shape index (κ3) is 4.57. The maximum absolute atomic E-state index is 12.1. The molecule has 116 valence electrons. The van der Waals surface area contributed by atoms with Crippen LogP contribution in [0.3, 0.4) is 0 Å². The molecule has 0 atom stereocenters. The number of benzene rings is 1. The molecular weight excluding hydrogens is 302 g/mol. The van der Waals surface area contributed by atoms with Crippen LogP contribution in [0.5, 0.6) is 0 Å². The Balaban J connectivity index is 3.00. The Kier molecular flexibility index (Phi) is 5.44. The summed E-state index contributed by atoms with van der Waals surface area (Å²) in [5, 5.41) is 15.8. The molecule has 0 saturated carbocycles. The number of nitro groups is 1. The van der Waals surface area contributed by atoms with Crippen LogP contribution in [0, 0.1) is 10.1 Å². The van der Waals surface area contributed by atoms with Crippen LogP contribution in [0.2, 0.25) is 0 Å². The number of sulfonamides is 1. The number of carbonyl (C=O) groups is 1. The van der Waals surface area contributed by atoms with Crippen molar-refractivity contribution in [2.75, 3.05) is 25.5 Å². The van der Waals surface area contributed by atoms with Gasteiger partial charge in [0.2, 0.25) is 10.0 Å². The first kappa shape index (κ1) is 16.7. The van der Waals surface area contributed by atoms with Gasteiger partial charge in [0, 0.05) is 31.9 Å². The second-order valence-corrected chi connectivity index (χ2v) is 5.61. The van der Waals surface area contributed by atoms with Crippen molar-refractivity contribution >= 4 is 27.4 Å². The van der Waals surface area contributed by atoms with E-state index in [4.69, 9.17) is 5.73 Å². The molecule has 0 aliphatic carbocycles. The van der Waals surface area contributed by atoms with Gasteiger partial charge in [-0.15, -0.1) is 0 Å². The number of hydrogen-bond acceptors (Lipinski definition) is 6. The molecule has 0 aliphatic rings. The van der Waals surface area contributed by atoms with Crippen molar-refractivity contribution in [2.45, 2.75) is 4.90 Å². The Bertz CT molecular complexity index is 645. The number of nitro benzene ring substituents is 1. The van der Waals surface area contributed by atoms with Gasteiger partial charge in [0.15, 0.2) is 4.90 Å². The van der Waals surface area contributed by atoms with Gasteiger partial charge in [-0.05, 0) is 12.1 Å². The van der Waals surface area contributed by atoms with Crippen molar-refractivity contribution in [1.29, 1.82) is 0 Å². The van der Waals surface area contributed by atoms with Gasteiger partial charge < -0.3 is 16.4 Å². The first-order chi connectivity index (χ1) is 9.77. The quantitative estimate of drug-likeness (QED) is 0.304. The van der Waals surface area contributed by atoms with Crippen LogP contribution in [-0.2, 0) is 10.0 Å². The fraction of sp³-hybridized carbons (Fsp3) is 0.300. The SMILES string of the molecule is CNc1ccc([N+](=O)[O-])c(S(=O)(=O)NCCNC(N)=O)c1. The number of anilines is 1. The lowest BCUT2D eigenvalue weighted by Crippen LogP contribution is -2.37. The van der Waals surface area contributed by atoms with E-state index in [2.05, 4.69) is 15.4 Å². The molecule has 0 saturated heterocycles. The largest absolute Gasteiger partial charge is 0.388 e. The van der Waals surface area contributed by atoms with Gasteiger partial charge in [0.1, 0.15) is 0 Å². The summed E-state index contributed by atoms with van der Waals surface area (Å²) in [7, 11) is -2.53. The summed E-state index contributed by atoms with van der Waals surface area (Å²) in [5.41, 5.74) is 4.71. The van der Waals surface area contributed by atoms with Crippen molar-refractivity contribution in [3.8, 4) is 0 Å². The average molecular weight is 317 g/mol. The van der Waals surface area contributed by atoms with Gasteiger partial charge in [-0.2, -0.15) is 0 Å². The summed E-state index contributed by atoms with van der Waals surface area (Å²) >= 11 is 0. The molecule has 0 aromatic heterocycles. The standard InChI is InChI=1S/C10H15N5O5S/c1-12-7-2-3-8(15(17)18)9(6-7)21(19,20)14-5-4-13-10(11)16/h2-3,6,12,14H,4-5H2,1H3,(H3,11,13,16). The summed E-state index contributed by atoms with van der Waals surface area (Å²) in [6, 6.07) is 2.85. The number of nitrogens with two attached hydrogens (primary N) is 1. The van der Waals surface area contributed by atoms with Crippen LogP contribution in [0.4, 0.5) is 16.2 Å². The second kappa shape index (κ2) is 6.85. The minimum absolute atomic E-state index is 0.0337. The lowest BCUT2D eigenvalue weighted by molar-refractivity contribution is -0.387. The van der Waals surface area contributed by atoms with E-state index in [0.29, 0.717) is 5.69 Å². The number of amides is 2. The van der Waals surface area contributed by atoms with Gasteiger partial charge in [-0.1, -0.05) is 0 Å². The number of nitrogens with one attached hydrogen (secondary N) is 3. The zero-order chi connectivity index (χ0) is 16.0. The molecule has 0 unspecified atom stereocenters. The number of nitrogens with zero attached hydrogens (tertiary/aromatic N) is 1. The van der Waals surface area contributed by atoms with Crippen molar-refractivity contribution in [3.63, 3.8) is 0 Å². The van der Waals surface area contributed by atoms with Crippen molar-refractivity contribution in [3.05, 3.63) is 28.3 Å². The molecule has 2 amide bonds. The zero-order valence-corrected chi connectivity index (χ0v) is 11.9. The fourth-order valence-electron chi connectivity index (χ4n) is 1.48. The number of primary amides is 1. The summed E-state index contributed by atoms with van der Waals surface area (Å²) in [4.78, 5) is 20.1. The monoisotopic (exact) mass is 317 g/mol. The number of rotatable bonds is 7. The zero-order valence-electron chi connectivity index (χ0n) is 11.1. The average Bonchev–Trinajstić information content (AvgIpc) is 2.42. The predicted octanol–water partition coefficient (Wildman–Crippen LogP) is -0.417. The highest BCUT2D eigenvalue weighted by Gasteiger charge is 2.25. The van der Waals surface area contributed by atoms with Crippen LogP contribution in [-0.4, -0.2) is 39.5 Å². The van der Waals surface area contributed by atoms with E-state index in [1.807, 2.05) is 0 Å². The third-order valence-corrected chi connectivity index (χ3v) is 3.94. The van der Waals surface area contributed by atoms with E-state index in [0.717, 1.165) is 12.1 Å². The molecule has 1 rings (SSSR count). The Labute approximate surface area is 120 Å². The molecule has 0 heterocycles. The number of urea groups is 1. The molecule has 21 heavy (non-hydrogen) atoms. The maximum atomic E-state index is 12.1. The molecular formula is C10H15N5O5S. The molecule has 0 spiro atoms. The highest BCUT2D eigenvalue weighted by Crippen LogP contribution is 2.26. The van der Waals surface area contributed by atoms with Crippen LogP contribution < -0.4 is 21.1 Å². The second-order valence-electron chi connectivity index (χ2n) is 3.88. The summed E-state index contributed by atoms with van der Waals surface area (Å²) in [6.45, 7) is -0.180. The molecule has 5 N–H and O–H groups in total. The first-order valence-electron chi connectivity index (χ1n) is 5.77. The highest BCUT2D eigenvalue weighted by atomic mass is 32.2. The van der Waals surface area contributed by atoms with E-state index in [9.17, 15) is 23.3 Å². The number of carbonyl (C=O) groups excluding carboxylic acids is 1. The van der Waals surface area contributed by atoms with Crippen LogP contribution in [0.25, 0.3) is 0 Å². The van der Waals surface area contributed by atoms with Gasteiger partial charge in [0.25, 0.3) is 5.69 Å². The maximum Gasteiger partial charge on any atom is 0.312 e. The minimum atomic E-state index is -4.09. The number of hydrogen-bond donors (Lipinski definition) is 4. The molecule has 11 heteroatoms. The molecule has 0 radical (unpaired) electrons. The Morgan fingerprint density at radius 1 is 1.38 bits per heavy atom. The topological polar surface area (TPSA) is 156 Å². The van der Waals surface area contributed by atoms with Crippen LogP contribution in [0.15, 0.2) is 23.1 Å². The van der Waals surface area contributed by atoms with Crippen molar-refractivity contribution in [1.82, 2.24) is 10.0 Å². The van der Waals surface area contributed by atoms with Crippen molar-refractivity contribution in [2.24, 2.45) is 5.73 Å². The predicted molar refractivity (Wildman–Crippen MR) is 75.4 cm³/mol. The lowest BCUT2D eigenvalue weighted by atomic mass is 10.3. The van der Waals surface area contributed by atoms with E-state index in [1.54, 1.807) is 7.05 Å². The van der Waals surface area contributed by atoms with Gasteiger partial charge in [0.05, 0.1) is 4.92 Å². The van der Waals surface area contributed by atoms with Gasteiger partial charge in [-0.25, -0.2) is 17.9 Å². The molecule has 10 nitrogen and oxygen atoms in total. The highest BCUT2D eigenvalue weighted by molar-refractivity contribution is 7.89. The lowest BCUT2D eigenvalue weighted by Gasteiger charge is -2.09. The van der Waals surface area contributed by atoms with E-state index < -0.39 is 31.6 Å². The normalized spacial score (nSPS) is 10.9. The Morgan fingerprint density at radius 2 is 2.05 bits per heavy atom. The molecule has 1 aromatic rings. The van der Waals surface area contributed by atoms with E-state index in [1.165, 1.54) is 6.07 Å². The Hall–Kier alpha value is -2.40. The molecule has 0 fully saturated rings. The molecule has 1 aromatic carbocycles. The van der Waals surface area contributed by atoms with E-state index >= 15 is 0 Å². The molecule has 0 bridgehead atoms. The smallest absolute Gasteiger partial charge is 0.312 e. The minimum Gasteiger partial charge on any atom is -0.388 e. The van der Waals surface area contributed by atoms with Crippen LogP contribution in [0.1, 0.15) is 0 Å². The third-order valence-electron chi connectivity index (χ3n) is 2.45. The van der Waals surface area contributed by atoms with E-state index in [-0.39, 0.29) is 13.1 Å². The Morgan fingerprint density at radius 3 is 2.57 bits per heavy atom. The van der Waals surface area contributed by atoms with Gasteiger partial charge in [-0.3, -0.25) is 10.1 Å².